The Labute approximate surface area is 135 Å². The number of benzene rings is 1. The maximum Gasteiger partial charge on any atom is 0.292 e. The first kappa shape index (κ1) is 17.0. The van der Waals surface area contributed by atoms with Gasteiger partial charge in [0.15, 0.2) is 5.96 Å². The van der Waals surface area contributed by atoms with Crippen LogP contribution < -0.4 is 16.0 Å². The van der Waals surface area contributed by atoms with Crippen LogP contribution in [-0.2, 0) is 4.74 Å². The lowest BCUT2D eigenvalue weighted by Crippen LogP contribution is -2.42. The van der Waals surface area contributed by atoms with Gasteiger partial charge in [-0.25, -0.2) is 0 Å². The lowest BCUT2D eigenvalue weighted by atomic mass is 10.2. The van der Waals surface area contributed by atoms with Crippen LogP contribution in [-0.4, -0.2) is 50.3 Å². The van der Waals surface area contributed by atoms with Gasteiger partial charge in [0.05, 0.1) is 11.0 Å². The fourth-order valence-corrected chi connectivity index (χ4v) is 2.40. The van der Waals surface area contributed by atoms with E-state index in [4.69, 9.17) is 4.74 Å². The predicted octanol–water partition coefficient (Wildman–Crippen LogP) is 1.35. The van der Waals surface area contributed by atoms with Crippen LogP contribution in [0.2, 0.25) is 0 Å². The highest BCUT2D eigenvalue weighted by molar-refractivity contribution is 5.79. The summed E-state index contributed by atoms with van der Waals surface area (Å²) in [5.74, 6) is 0.699. The summed E-state index contributed by atoms with van der Waals surface area (Å²) >= 11 is 0. The van der Waals surface area contributed by atoms with Crippen molar-refractivity contribution in [1.82, 2.24) is 10.6 Å². The van der Waals surface area contributed by atoms with Crippen molar-refractivity contribution < 1.29 is 9.66 Å². The Kier molecular flexibility index (Phi) is 6.61. The molecule has 3 N–H and O–H groups in total. The number of nitro benzene ring substituents is 1. The molecule has 0 radical (unpaired) electrons. The standard InChI is InChI=1S/C15H23N5O3/c1-16-15(19-11-12-5-4-10-23-12)18-9-8-17-13-6-2-3-7-14(13)20(21)22/h2-3,6-7,12,17H,4-5,8-11H2,1H3,(H2,16,18,19). The fraction of sp³-hybridized carbons (Fsp3) is 0.533. The summed E-state index contributed by atoms with van der Waals surface area (Å²) in [6.07, 6.45) is 2.43. The summed E-state index contributed by atoms with van der Waals surface area (Å²) < 4.78 is 5.55. The van der Waals surface area contributed by atoms with Crippen molar-refractivity contribution in [3.8, 4) is 0 Å². The van der Waals surface area contributed by atoms with Crippen molar-refractivity contribution in [2.45, 2.75) is 18.9 Å². The van der Waals surface area contributed by atoms with E-state index in [1.165, 1.54) is 6.07 Å². The molecule has 0 spiro atoms. The van der Waals surface area contributed by atoms with Gasteiger partial charge in [-0.3, -0.25) is 15.1 Å². The zero-order valence-electron chi connectivity index (χ0n) is 13.2. The number of ether oxygens (including phenoxy) is 1. The minimum absolute atomic E-state index is 0.0772. The number of hydrogen-bond donors (Lipinski definition) is 3. The molecule has 126 valence electrons. The molecule has 0 aromatic heterocycles. The van der Waals surface area contributed by atoms with Gasteiger partial charge >= 0.3 is 0 Å². The van der Waals surface area contributed by atoms with Crippen molar-refractivity contribution >= 4 is 17.3 Å². The topological polar surface area (TPSA) is 101 Å². The van der Waals surface area contributed by atoms with E-state index >= 15 is 0 Å². The third-order valence-corrected chi connectivity index (χ3v) is 3.58. The smallest absolute Gasteiger partial charge is 0.292 e. The number of guanidine groups is 1. The van der Waals surface area contributed by atoms with E-state index in [-0.39, 0.29) is 11.8 Å². The normalized spacial score (nSPS) is 17.8. The van der Waals surface area contributed by atoms with E-state index in [1.54, 1.807) is 25.2 Å². The number of rotatable bonds is 7. The van der Waals surface area contributed by atoms with Crippen molar-refractivity contribution in [3.63, 3.8) is 0 Å². The largest absolute Gasteiger partial charge is 0.378 e. The van der Waals surface area contributed by atoms with Crippen LogP contribution in [0.3, 0.4) is 0 Å². The zero-order chi connectivity index (χ0) is 16.5. The number of nitrogens with zero attached hydrogens (tertiary/aromatic N) is 2. The monoisotopic (exact) mass is 321 g/mol. The molecule has 0 bridgehead atoms. The molecular formula is C15H23N5O3. The van der Waals surface area contributed by atoms with Gasteiger partial charge in [-0.15, -0.1) is 0 Å². The van der Waals surface area contributed by atoms with Gasteiger partial charge < -0.3 is 20.7 Å². The molecule has 1 heterocycles. The Bertz CT molecular complexity index is 544. The van der Waals surface area contributed by atoms with Crippen LogP contribution >= 0.6 is 0 Å². The molecule has 1 unspecified atom stereocenters. The Balaban J connectivity index is 1.70. The molecule has 0 saturated carbocycles. The third-order valence-electron chi connectivity index (χ3n) is 3.58. The van der Waals surface area contributed by atoms with Crippen LogP contribution in [0.4, 0.5) is 11.4 Å². The van der Waals surface area contributed by atoms with Gasteiger partial charge in [0.25, 0.3) is 5.69 Å². The molecular weight excluding hydrogens is 298 g/mol. The highest BCUT2D eigenvalue weighted by Gasteiger charge is 2.15. The molecule has 1 atom stereocenters. The fourth-order valence-electron chi connectivity index (χ4n) is 2.40. The highest BCUT2D eigenvalue weighted by Crippen LogP contribution is 2.22. The number of nitrogens with one attached hydrogen (secondary N) is 3. The van der Waals surface area contributed by atoms with E-state index in [9.17, 15) is 10.1 Å². The molecule has 1 aromatic carbocycles. The number of nitro groups is 1. The first-order chi connectivity index (χ1) is 11.2. The van der Waals surface area contributed by atoms with Gasteiger partial charge in [0.1, 0.15) is 5.69 Å². The molecule has 0 aliphatic carbocycles. The van der Waals surface area contributed by atoms with E-state index in [0.717, 1.165) is 26.0 Å². The first-order valence-electron chi connectivity index (χ1n) is 7.74. The predicted molar refractivity (Wildman–Crippen MR) is 89.9 cm³/mol. The summed E-state index contributed by atoms with van der Waals surface area (Å²) in [7, 11) is 1.71. The van der Waals surface area contributed by atoms with E-state index in [1.807, 2.05) is 0 Å². The minimum Gasteiger partial charge on any atom is -0.378 e. The first-order valence-corrected chi connectivity index (χ1v) is 7.74. The molecule has 8 nitrogen and oxygen atoms in total. The molecule has 1 aliphatic heterocycles. The molecule has 1 fully saturated rings. The van der Waals surface area contributed by atoms with E-state index < -0.39 is 4.92 Å². The number of anilines is 1. The average Bonchev–Trinajstić information content (AvgIpc) is 3.08. The second-order valence-electron chi connectivity index (χ2n) is 5.22. The van der Waals surface area contributed by atoms with Crippen LogP contribution in [0.25, 0.3) is 0 Å². The second kappa shape index (κ2) is 8.94. The van der Waals surface area contributed by atoms with Crippen LogP contribution in [0, 0.1) is 10.1 Å². The third kappa shape index (κ3) is 5.41. The Hall–Kier alpha value is -2.35. The Morgan fingerprint density at radius 2 is 2.22 bits per heavy atom. The maximum absolute atomic E-state index is 10.9. The summed E-state index contributed by atoms with van der Waals surface area (Å²) in [5.41, 5.74) is 0.593. The van der Waals surface area contributed by atoms with Crippen LogP contribution in [0.5, 0.6) is 0 Å². The van der Waals surface area contributed by atoms with Crippen LogP contribution in [0.15, 0.2) is 29.3 Å². The number of aliphatic imine (C=N–C) groups is 1. The quantitative estimate of drug-likeness (QED) is 0.230. The molecule has 1 aliphatic rings. The Morgan fingerprint density at radius 3 is 2.91 bits per heavy atom. The summed E-state index contributed by atoms with van der Waals surface area (Å²) in [4.78, 5) is 14.7. The van der Waals surface area contributed by atoms with Gasteiger partial charge in [0, 0.05) is 39.4 Å². The van der Waals surface area contributed by atoms with E-state index in [0.29, 0.717) is 24.7 Å². The molecule has 1 saturated heterocycles. The average molecular weight is 321 g/mol. The summed E-state index contributed by atoms with van der Waals surface area (Å²) in [5, 5.41) is 20.4. The van der Waals surface area contributed by atoms with Crippen molar-refractivity contribution in [1.29, 1.82) is 0 Å². The van der Waals surface area contributed by atoms with Crippen molar-refractivity contribution in [2.75, 3.05) is 38.6 Å². The van der Waals surface area contributed by atoms with Gasteiger partial charge in [-0.1, -0.05) is 12.1 Å². The SMILES string of the molecule is CN=C(NCCNc1ccccc1[N+](=O)[O-])NCC1CCCO1. The number of para-hydroxylation sites is 2. The lowest BCUT2D eigenvalue weighted by molar-refractivity contribution is -0.384. The maximum atomic E-state index is 10.9. The minimum atomic E-state index is -0.391. The Morgan fingerprint density at radius 1 is 1.39 bits per heavy atom. The zero-order valence-corrected chi connectivity index (χ0v) is 13.2. The summed E-state index contributed by atoms with van der Waals surface area (Å²) in [6.45, 7) is 2.71. The van der Waals surface area contributed by atoms with Crippen molar-refractivity contribution in [2.24, 2.45) is 4.99 Å². The molecule has 8 heteroatoms. The highest BCUT2D eigenvalue weighted by atomic mass is 16.6. The molecule has 1 aromatic rings. The summed E-state index contributed by atoms with van der Waals surface area (Å²) in [6, 6.07) is 6.60. The lowest BCUT2D eigenvalue weighted by Gasteiger charge is -2.15. The molecule has 2 rings (SSSR count). The molecule has 23 heavy (non-hydrogen) atoms. The van der Waals surface area contributed by atoms with Gasteiger partial charge in [-0.05, 0) is 18.9 Å². The van der Waals surface area contributed by atoms with Gasteiger partial charge in [0.2, 0.25) is 0 Å². The molecule has 0 amide bonds. The second-order valence-corrected chi connectivity index (χ2v) is 5.22. The number of hydrogen-bond acceptors (Lipinski definition) is 5. The van der Waals surface area contributed by atoms with Crippen molar-refractivity contribution in [3.05, 3.63) is 34.4 Å². The van der Waals surface area contributed by atoms with Crippen LogP contribution in [0.1, 0.15) is 12.8 Å². The van der Waals surface area contributed by atoms with E-state index in [2.05, 4.69) is 20.9 Å². The van der Waals surface area contributed by atoms with Gasteiger partial charge in [-0.2, -0.15) is 0 Å².